The quantitative estimate of drug-likeness (QED) is 0.634. The molecule has 3 nitrogen and oxygen atoms in total. The van der Waals surface area contributed by atoms with Crippen molar-refractivity contribution in [2.75, 3.05) is 0 Å². The maximum Gasteiger partial charge on any atom is 0.304 e. The summed E-state index contributed by atoms with van der Waals surface area (Å²) in [5, 5.41) is 0. The Morgan fingerprint density at radius 2 is 1.14 bits per heavy atom. The normalized spacial score (nSPS) is 15.0. The Hall–Kier alpha value is -2.42. The predicted octanol–water partition coefficient (Wildman–Crippen LogP) is 5.66. The van der Waals surface area contributed by atoms with E-state index in [2.05, 4.69) is 65.8 Å². The predicted molar refractivity (Wildman–Crippen MR) is 113 cm³/mol. The van der Waals surface area contributed by atoms with Gasteiger partial charge in [0.25, 0.3) is 0 Å². The second-order valence-electron chi connectivity index (χ2n) is 9.85. The van der Waals surface area contributed by atoms with Gasteiger partial charge < -0.3 is 4.74 Å². The van der Waals surface area contributed by atoms with Gasteiger partial charge in [-0.25, -0.2) is 0 Å². The van der Waals surface area contributed by atoms with Gasteiger partial charge in [-0.3, -0.25) is 9.59 Å². The lowest BCUT2D eigenvalue weighted by atomic mass is 9.80. The first-order chi connectivity index (χ1) is 12.8. The lowest BCUT2D eigenvalue weighted by Gasteiger charge is -2.31. The monoisotopic (exact) mass is 378 g/mol. The molecule has 0 radical (unpaired) electrons. The van der Waals surface area contributed by atoms with Gasteiger partial charge in [0.1, 0.15) is 0 Å². The molecule has 3 heteroatoms. The van der Waals surface area contributed by atoms with Gasteiger partial charge in [-0.05, 0) is 52.1 Å². The summed E-state index contributed by atoms with van der Waals surface area (Å²) in [6, 6.07) is 12.4. The largest absolute Gasteiger partial charge is 0.441 e. The molecule has 2 aromatic carbocycles. The summed E-state index contributed by atoms with van der Waals surface area (Å²) >= 11 is 0. The highest BCUT2D eigenvalue weighted by Crippen LogP contribution is 2.52. The molecule has 0 spiro atoms. The number of hydrogen-bond acceptors (Lipinski definition) is 3. The van der Waals surface area contributed by atoms with Gasteiger partial charge in [0.05, 0.1) is 0 Å². The molecule has 28 heavy (non-hydrogen) atoms. The molecule has 0 saturated carbocycles. The van der Waals surface area contributed by atoms with Gasteiger partial charge in [0.15, 0.2) is 5.78 Å². The summed E-state index contributed by atoms with van der Waals surface area (Å²) in [6.07, 6.45) is 0. The molecular weight excluding hydrogens is 348 g/mol. The molecule has 0 aliphatic heterocycles. The molecule has 0 atom stereocenters. The molecule has 0 N–H and O–H groups in total. The highest BCUT2D eigenvalue weighted by Gasteiger charge is 2.51. The zero-order chi connectivity index (χ0) is 21.1. The summed E-state index contributed by atoms with van der Waals surface area (Å²) in [5.74, 6) is -0.642. The van der Waals surface area contributed by atoms with E-state index in [0.717, 1.165) is 33.4 Å². The molecule has 0 aromatic heterocycles. The minimum absolute atomic E-state index is 0.0842. The minimum Gasteiger partial charge on any atom is -0.441 e. The van der Waals surface area contributed by atoms with Gasteiger partial charge in [0.2, 0.25) is 5.60 Å². The molecule has 148 valence electrons. The number of carbonyl (C=O) groups excluding carboxylic acids is 2. The van der Waals surface area contributed by atoms with Crippen molar-refractivity contribution in [3.8, 4) is 11.1 Å². The summed E-state index contributed by atoms with van der Waals surface area (Å²) in [4.78, 5) is 25.2. The fraction of sp³-hybridized carbons (Fsp3) is 0.440. The van der Waals surface area contributed by atoms with E-state index < -0.39 is 11.6 Å². The Balaban J connectivity index is 2.40. The van der Waals surface area contributed by atoms with Crippen LogP contribution in [0.2, 0.25) is 0 Å². The molecule has 0 saturated heterocycles. The second-order valence-corrected chi connectivity index (χ2v) is 9.85. The van der Waals surface area contributed by atoms with E-state index in [-0.39, 0.29) is 16.6 Å². The molecule has 0 amide bonds. The SMILES string of the molecule is CC(=O)OC1(C(C)=O)c2cc(C(C)(C)C)ccc2-c2ccc(C(C)(C)C)cc21. The van der Waals surface area contributed by atoms with Crippen LogP contribution in [0.4, 0.5) is 0 Å². The number of benzene rings is 2. The zero-order valence-corrected chi connectivity index (χ0v) is 18.2. The molecule has 0 fully saturated rings. The van der Waals surface area contributed by atoms with Crippen molar-refractivity contribution >= 4 is 11.8 Å². The highest BCUT2D eigenvalue weighted by molar-refractivity contribution is 6.00. The summed E-state index contributed by atoms with van der Waals surface area (Å²) < 4.78 is 5.86. The van der Waals surface area contributed by atoms with Crippen LogP contribution in [0.3, 0.4) is 0 Å². The molecule has 0 heterocycles. The lowest BCUT2D eigenvalue weighted by molar-refractivity contribution is -0.161. The molecule has 1 aliphatic rings. The molecule has 3 rings (SSSR count). The Morgan fingerprint density at radius 3 is 1.43 bits per heavy atom. The van der Waals surface area contributed by atoms with Gasteiger partial charge in [-0.2, -0.15) is 0 Å². The first kappa shape index (κ1) is 20.3. The van der Waals surface area contributed by atoms with Gasteiger partial charge in [-0.15, -0.1) is 0 Å². The number of carbonyl (C=O) groups is 2. The van der Waals surface area contributed by atoms with Crippen molar-refractivity contribution in [3.05, 3.63) is 58.7 Å². The first-order valence-corrected chi connectivity index (χ1v) is 9.79. The maximum atomic E-state index is 13.1. The third kappa shape index (κ3) is 3.07. The fourth-order valence-electron chi connectivity index (χ4n) is 4.00. The van der Waals surface area contributed by atoms with Gasteiger partial charge >= 0.3 is 5.97 Å². The van der Waals surface area contributed by atoms with E-state index >= 15 is 0 Å². The standard InChI is InChI=1S/C25H30O3/c1-15(26)25(28-16(2)27)21-13-17(23(3,4)5)9-11-19(21)20-12-10-18(14-22(20)25)24(6,7)8/h9-14H,1-8H3. The number of ketones is 1. The summed E-state index contributed by atoms with van der Waals surface area (Å²) in [6.45, 7) is 15.7. The van der Waals surface area contributed by atoms with Crippen LogP contribution in [0.25, 0.3) is 11.1 Å². The topological polar surface area (TPSA) is 43.4 Å². The summed E-state index contributed by atoms with van der Waals surface area (Å²) in [7, 11) is 0. The fourth-order valence-corrected chi connectivity index (χ4v) is 4.00. The summed E-state index contributed by atoms with van der Waals surface area (Å²) in [5.41, 5.74) is 4.10. The van der Waals surface area contributed by atoms with Crippen LogP contribution in [0.15, 0.2) is 36.4 Å². The van der Waals surface area contributed by atoms with Crippen molar-refractivity contribution in [3.63, 3.8) is 0 Å². The molecular formula is C25H30O3. The van der Waals surface area contributed by atoms with Crippen LogP contribution in [-0.4, -0.2) is 11.8 Å². The number of ether oxygens (including phenoxy) is 1. The average molecular weight is 379 g/mol. The number of rotatable bonds is 2. The number of Topliss-reactive ketones (excluding diaryl/α,β-unsaturated/α-hetero) is 1. The number of fused-ring (bicyclic) bond motifs is 3. The van der Waals surface area contributed by atoms with Crippen LogP contribution in [0.5, 0.6) is 0 Å². The van der Waals surface area contributed by atoms with Gasteiger partial charge in [-0.1, -0.05) is 65.8 Å². The lowest BCUT2D eigenvalue weighted by Crippen LogP contribution is -2.38. The molecule has 2 aromatic rings. The van der Waals surface area contributed by atoms with Crippen molar-refractivity contribution in [2.24, 2.45) is 0 Å². The molecule has 0 bridgehead atoms. The highest BCUT2D eigenvalue weighted by atomic mass is 16.6. The van der Waals surface area contributed by atoms with Crippen molar-refractivity contribution < 1.29 is 14.3 Å². The molecule has 1 aliphatic carbocycles. The third-order valence-electron chi connectivity index (χ3n) is 5.61. The van der Waals surface area contributed by atoms with Crippen molar-refractivity contribution in [1.82, 2.24) is 0 Å². The number of esters is 1. The average Bonchev–Trinajstić information content (AvgIpc) is 2.83. The first-order valence-electron chi connectivity index (χ1n) is 9.79. The molecule has 0 unspecified atom stereocenters. The van der Waals surface area contributed by atoms with Crippen molar-refractivity contribution in [1.29, 1.82) is 0 Å². The van der Waals surface area contributed by atoms with Crippen LogP contribution in [-0.2, 0) is 30.8 Å². The van der Waals surface area contributed by atoms with Gasteiger partial charge in [0, 0.05) is 18.1 Å². The Bertz CT molecular complexity index is 905. The zero-order valence-electron chi connectivity index (χ0n) is 18.2. The van der Waals surface area contributed by atoms with E-state index in [9.17, 15) is 9.59 Å². The smallest absolute Gasteiger partial charge is 0.304 e. The Kier molecular flexibility index (Phi) is 4.57. The van der Waals surface area contributed by atoms with E-state index in [1.165, 1.54) is 13.8 Å². The van der Waals surface area contributed by atoms with E-state index in [1.807, 2.05) is 12.1 Å². The third-order valence-corrected chi connectivity index (χ3v) is 5.61. The van der Waals surface area contributed by atoms with Crippen LogP contribution in [0.1, 0.15) is 77.6 Å². The second kappa shape index (κ2) is 6.30. The van der Waals surface area contributed by atoms with Crippen molar-refractivity contribution in [2.45, 2.75) is 71.8 Å². The van der Waals surface area contributed by atoms with Crippen LogP contribution < -0.4 is 0 Å². The van der Waals surface area contributed by atoms with E-state index in [1.54, 1.807) is 0 Å². The Labute approximate surface area is 168 Å². The Morgan fingerprint density at radius 1 is 0.750 bits per heavy atom. The van der Waals surface area contributed by atoms with Crippen LogP contribution in [0, 0.1) is 0 Å². The maximum absolute atomic E-state index is 13.1. The minimum atomic E-state index is -1.39. The van der Waals surface area contributed by atoms with E-state index in [4.69, 9.17) is 4.74 Å². The van der Waals surface area contributed by atoms with E-state index in [0.29, 0.717) is 0 Å². The van der Waals surface area contributed by atoms with Crippen LogP contribution >= 0.6 is 0 Å². The number of hydrogen-bond donors (Lipinski definition) is 0.